The highest BCUT2D eigenvalue weighted by Gasteiger charge is 2.47. The quantitative estimate of drug-likeness (QED) is 0.839. The van der Waals surface area contributed by atoms with E-state index in [1.807, 2.05) is 18.2 Å². The van der Waals surface area contributed by atoms with Gasteiger partial charge in [-0.1, -0.05) is 30.3 Å². The molecule has 2 rings (SSSR count). The minimum Gasteiger partial charge on any atom is -0.481 e. The van der Waals surface area contributed by atoms with Gasteiger partial charge in [0.15, 0.2) is 0 Å². The molecule has 2 atom stereocenters. The smallest absolute Gasteiger partial charge is 0.411 e. The Labute approximate surface area is 146 Å². The lowest BCUT2D eigenvalue weighted by Crippen LogP contribution is -2.47. The molecule has 1 fully saturated rings. The summed E-state index contributed by atoms with van der Waals surface area (Å²) in [6.07, 6.45) is -0.530. The zero-order valence-corrected chi connectivity index (χ0v) is 14.6. The summed E-state index contributed by atoms with van der Waals surface area (Å²) >= 11 is 0. The molecule has 1 saturated heterocycles. The summed E-state index contributed by atoms with van der Waals surface area (Å²) in [4.78, 5) is 37.4. The van der Waals surface area contributed by atoms with Gasteiger partial charge in [-0.05, 0) is 32.8 Å². The first-order chi connectivity index (χ1) is 11.7. The Kier molecular flexibility index (Phi) is 5.66. The summed E-state index contributed by atoms with van der Waals surface area (Å²) in [6.45, 7) is 5.27. The Morgan fingerprint density at radius 2 is 1.84 bits per heavy atom. The Hall–Kier alpha value is -2.57. The summed E-state index contributed by atoms with van der Waals surface area (Å²) in [5, 5.41) is 9.36. The number of carboxylic acids is 1. The van der Waals surface area contributed by atoms with Crippen LogP contribution in [-0.2, 0) is 25.7 Å². The minimum absolute atomic E-state index is 0.0185. The molecule has 7 nitrogen and oxygen atoms in total. The van der Waals surface area contributed by atoms with Crippen molar-refractivity contribution < 1.29 is 29.0 Å². The van der Waals surface area contributed by atoms with Crippen LogP contribution in [0, 0.1) is 5.92 Å². The van der Waals surface area contributed by atoms with Crippen LogP contribution in [0.15, 0.2) is 30.3 Å². The molecule has 1 heterocycles. The van der Waals surface area contributed by atoms with Crippen molar-refractivity contribution in [3.63, 3.8) is 0 Å². The molecule has 0 aromatic heterocycles. The molecular formula is C18H23NO6. The van der Waals surface area contributed by atoms with E-state index in [1.54, 1.807) is 32.9 Å². The molecule has 0 spiro atoms. The van der Waals surface area contributed by atoms with E-state index in [0.29, 0.717) is 0 Å². The summed E-state index contributed by atoms with van der Waals surface area (Å²) in [7, 11) is 0. The van der Waals surface area contributed by atoms with Crippen LogP contribution >= 0.6 is 0 Å². The maximum Gasteiger partial charge on any atom is 0.411 e. The molecule has 1 aliphatic rings. The molecule has 0 saturated carbocycles. The number of ether oxygens (including phenoxy) is 2. The van der Waals surface area contributed by atoms with Crippen LogP contribution in [0.1, 0.15) is 32.8 Å². The lowest BCUT2D eigenvalue weighted by molar-refractivity contribution is -0.157. The average Bonchev–Trinajstić information content (AvgIpc) is 2.97. The molecule has 1 aromatic rings. The fraction of sp³-hybridized carbons (Fsp3) is 0.500. The summed E-state index contributed by atoms with van der Waals surface area (Å²) in [5.41, 5.74) is 0.0428. The van der Waals surface area contributed by atoms with Gasteiger partial charge in [0, 0.05) is 6.54 Å². The summed E-state index contributed by atoms with van der Waals surface area (Å²) in [6, 6.07) is 7.87. The van der Waals surface area contributed by atoms with Crippen LogP contribution < -0.4 is 0 Å². The largest absolute Gasteiger partial charge is 0.481 e. The van der Waals surface area contributed by atoms with Crippen LogP contribution in [0.5, 0.6) is 0 Å². The number of carboxylic acid groups (broad SMARTS) is 1. The predicted octanol–water partition coefficient (Wildman–Crippen LogP) is 2.44. The first kappa shape index (κ1) is 18.8. The minimum atomic E-state index is -1.18. The number of aliphatic carboxylic acids is 1. The first-order valence-corrected chi connectivity index (χ1v) is 8.12. The lowest BCUT2D eigenvalue weighted by Gasteiger charge is -2.28. The number of nitrogens with zero attached hydrogens (tertiary/aromatic N) is 1. The van der Waals surface area contributed by atoms with E-state index in [2.05, 4.69) is 0 Å². The van der Waals surface area contributed by atoms with Gasteiger partial charge in [-0.2, -0.15) is 0 Å². The molecular weight excluding hydrogens is 326 g/mol. The van der Waals surface area contributed by atoms with Crippen molar-refractivity contribution in [2.75, 3.05) is 6.54 Å². The third kappa shape index (κ3) is 4.95. The number of amides is 1. The van der Waals surface area contributed by atoms with E-state index in [-0.39, 0.29) is 19.6 Å². The number of carbonyl (C=O) groups is 3. The van der Waals surface area contributed by atoms with Gasteiger partial charge in [0.05, 0.1) is 5.92 Å². The number of hydrogen-bond donors (Lipinski definition) is 1. The highest BCUT2D eigenvalue weighted by atomic mass is 16.6. The topological polar surface area (TPSA) is 93.1 Å². The second kappa shape index (κ2) is 7.55. The fourth-order valence-corrected chi connectivity index (χ4v) is 2.68. The molecule has 0 radical (unpaired) electrons. The number of carbonyl (C=O) groups excluding carboxylic acids is 2. The number of rotatable bonds is 4. The zero-order valence-electron chi connectivity index (χ0n) is 14.6. The van der Waals surface area contributed by atoms with Crippen molar-refractivity contribution >= 4 is 18.0 Å². The monoisotopic (exact) mass is 349 g/mol. The molecule has 1 amide bonds. The van der Waals surface area contributed by atoms with E-state index in [1.165, 1.54) is 0 Å². The molecule has 0 aliphatic carbocycles. The van der Waals surface area contributed by atoms with E-state index in [0.717, 1.165) is 10.5 Å². The summed E-state index contributed by atoms with van der Waals surface area (Å²) < 4.78 is 10.5. The van der Waals surface area contributed by atoms with E-state index in [4.69, 9.17) is 9.47 Å². The predicted molar refractivity (Wildman–Crippen MR) is 88.7 cm³/mol. The van der Waals surface area contributed by atoms with Gasteiger partial charge in [-0.3, -0.25) is 9.69 Å². The molecule has 7 heteroatoms. The Morgan fingerprint density at radius 3 is 2.40 bits per heavy atom. The van der Waals surface area contributed by atoms with Crippen LogP contribution in [0.4, 0.5) is 4.79 Å². The molecule has 1 aliphatic heterocycles. The van der Waals surface area contributed by atoms with Gasteiger partial charge < -0.3 is 14.6 Å². The molecule has 136 valence electrons. The zero-order chi connectivity index (χ0) is 18.6. The van der Waals surface area contributed by atoms with Crippen molar-refractivity contribution in [3.8, 4) is 0 Å². The Balaban J connectivity index is 2.11. The van der Waals surface area contributed by atoms with Crippen LogP contribution in [0.3, 0.4) is 0 Å². The average molecular weight is 349 g/mol. The van der Waals surface area contributed by atoms with E-state index in [9.17, 15) is 19.5 Å². The third-order valence-electron chi connectivity index (χ3n) is 3.81. The fourth-order valence-electron chi connectivity index (χ4n) is 2.68. The maximum absolute atomic E-state index is 12.5. The van der Waals surface area contributed by atoms with Gasteiger partial charge >= 0.3 is 18.0 Å². The molecule has 25 heavy (non-hydrogen) atoms. The van der Waals surface area contributed by atoms with E-state index >= 15 is 0 Å². The first-order valence-electron chi connectivity index (χ1n) is 8.12. The lowest BCUT2D eigenvalue weighted by atomic mass is 10.0. The normalized spacial score (nSPS) is 20.2. The van der Waals surface area contributed by atoms with Gasteiger partial charge in [-0.25, -0.2) is 9.59 Å². The second-order valence-corrected chi connectivity index (χ2v) is 6.95. The number of esters is 1. The van der Waals surface area contributed by atoms with Gasteiger partial charge in [0.25, 0.3) is 0 Å². The SMILES string of the molecule is CC(C)(C)OC(=O)N1CC[C@@H](C(=O)O)[C@H]1C(=O)OCc1ccccc1. The van der Waals surface area contributed by atoms with Crippen molar-refractivity contribution in [3.05, 3.63) is 35.9 Å². The highest BCUT2D eigenvalue weighted by molar-refractivity contribution is 5.88. The number of hydrogen-bond acceptors (Lipinski definition) is 5. The Morgan fingerprint density at radius 1 is 1.20 bits per heavy atom. The van der Waals surface area contributed by atoms with E-state index < -0.39 is 35.6 Å². The number of likely N-dealkylation sites (tertiary alicyclic amines) is 1. The van der Waals surface area contributed by atoms with Crippen LogP contribution in [0.2, 0.25) is 0 Å². The number of benzene rings is 1. The third-order valence-corrected chi connectivity index (χ3v) is 3.81. The Bertz CT molecular complexity index is 637. The van der Waals surface area contributed by atoms with Gasteiger partial charge in [0.2, 0.25) is 0 Å². The van der Waals surface area contributed by atoms with Crippen molar-refractivity contribution in [1.29, 1.82) is 0 Å². The second-order valence-electron chi connectivity index (χ2n) is 6.95. The molecule has 1 aromatic carbocycles. The van der Waals surface area contributed by atoms with Gasteiger partial charge in [0.1, 0.15) is 18.2 Å². The molecule has 0 unspecified atom stereocenters. The van der Waals surface area contributed by atoms with Crippen LogP contribution in [0.25, 0.3) is 0 Å². The van der Waals surface area contributed by atoms with Crippen LogP contribution in [-0.4, -0.2) is 46.2 Å². The highest BCUT2D eigenvalue weighted by Crippen LogP contribution is 2.28. The van der Waals surface area contributed by atoms with Gasteiger partial charge in [-0.15, -0.1) is 0 Å². The van der Waals surface area contributed by atoms with Crippen molar-refractivity contribution in [2.24, 2.45) is 5.92 Å². The molecule has 0 bridgehead atoms. The maximum atomic E-state index is 12.5. The standard InChI is InChI=1S/C18H23NO6/c1-18(2,3)25-17(23)19-10-9-13(15(20)21)14(19)16(22)24-11-12-7-5-4-6-8-12/h4-8,13-14H,9-11H2,1-3H3,(H,20,21)/t13-,14+/m1/s1. The van der Waals surface area contributed by atoms with Crippen molar-refractivity contribution in [1.82, 2.24) is 4.90 Å². The molecule has 1 N–H and O–H groups in total. The summed E-state index contributed by atoms with van der Waals surface area (Å²) in [5.74, 6) is -2.87. The van der Waals surface area contributed by atoms with Crippen molar-refractivity contribution in [2.45, 2.75) is 45.4 Å².